The van der Waals surface area contributed by atoms with Crippen molar-refractivity contribution in [3.63, 3.8) is 0 Å². The Morgan fingerprint density at radius 1 is 1.14 bits per heavy atom. The minimum atomic E-state index is -0.509. The first-order valence-electron chi connectivity index (χ1n) is 9.71. The molecule has 2 aromatic rings. The van der Waals surface area contributed by atoms with Gasteiger partial charge in [-0.05, 0) is 55.2 Å². The number of hydrogen-bond acceptors (Lipinski definition) is 2. The van der Waals surface area contributed by atoms with E-state index in [1.165, 1.54) is 12.1 Å². The van der Waals surface area contributed by atoms with Gasteiger partial charge < -0.3 is 10.2 Å². The summed E-state index contributed by atoms with van der Waals surface area (Å²) < 4.78 is 13.5. The fraction of sp³-hybridized carbons (Fsp3) is 0.391. The third-order valence-electron chi connectivity index (χ3n) is 5.05. The molecular weight excluding hydrogens is 355 g/mol. The van der Waals surface area contributed by atoms with E-state index in [-0.39, 0.29) is 23.7 Å². The van der Waals surface area contributed by atoms with Crippen LogP contribution in [0.25, 0.3) is 0 Å². The van der Waals surface area contributed by atoms with Crippen LogP contribution in [0, 0.1) is 11.2 Å². The summed E-state index contributed by atoms with van der Waals surface area (Å²) >= 11 is 0. The molecule has 28 heavy (non-hydrogen) atoms. The van der Waals surface area contributed by atoms with Gasteiger partial charge in [0.1, 0.15) is 5.82 Å². The highest BCUT2D eigenvalue weighted by atomic mass is 19.1. The smallest absolute Gasteiger partial charge is 0.254 e. The van der Waals surface area contributed by atoms with Gasteiger partial charge >= 0.3 is 0 Å². The molecule has 1 fully saturated rings. The fourth-order valence-electron chi connectivity index (χ4n) is 3.47. The molecule has 5 heteroatoms. The molecule has 3 rings (SSSR count). The normalized spacial score (nSPS) is 16.9. The third kappa shape index (κ3) is 4.77. The molecule has 4 nitrogen and oxygen atoms in total. The average Bonchev–Trinajstić information content (AvgIpc) is 3.08. The van der Waals surface area contributed by atoms with E-state index in [0.717, 1.165) is 18.4 Å². The number of carbonyl (C=O) groups excluding carboxylic acids is 2. The molecule has 148 valence electrons. The van der Waals surface area contributed by atoms with E-state index >= 15 is 0 Å². The molecule has 2 amide bonds. The van der Waals surface area contributed by atoms with Gasteiger partial charge in [0.15, 0.2) is 0 Å². The lowest BCUT2D eigenvalue weighted by Gasteiger charge is -2.25. The van der Waals surface area contributed by atoms with Crippen LogP contribution in [0.15, 0.2) is 48.5 Å². The quantitative estimate of drug-likeness (QED) is 0.836. The molecule has 2 aromatic carbocycles. The summed E-state index contributed by atoms with van der Waals surface area (Å²) in [5.41, 5.74) is 1.56. The number of hydrogen-bond donors (Lipinski definition) is 1. The Kier molecular flexibility index (Phi) is 5.82. The van der Waals surface area contributed by atoms with Gasteiger partial charge in [0.2, 0.25) is 5.91 Å². The molecule has 1 saturated heterocycles. The van der Waals surface area contributed by atoms with Gasteiger partial charge in [-0.3, -0.25) is 9.59 Å². The van der Waals surface area contributed by atoms with Crippen LogP contribution in [0.2, 0.25) is 0 Å². The Hall–Kier alpha value is -2.69. The predicted molar refractivity (Wildman–Crippen MR) is 109 cm³/mol. The molecule has 0 spiro atoms. The highest BCUT2D eigenvalue weighted by Crippen LogP contribution is 2.25. The molecule has 1 heterocycles. The Morgan fingerprint density at radius 3 is 2.61 bits per heavy atom. The zero-order chi connectivity index (χ0) is 20.3. The molecule has 0 radical (unpaired) electrons. The van der Waals surface area contributed by atoms with Crippen molar-refractivity contribution in [3.05, 3.63) is 65.5 Å². The predicted octanol–water partition coefficient (Wildman–Crippen LogP) is 4.66. The summed E-state index contributed by atoms with van der Waals surface area (Å²) in [6.45, 7) is 6.23. The Labute approximate surface area is 165 Å². The van der Waals surface area contributed by atoms with Crippen molar-refractivity contribution >= 4 is 17.5 Å². The summed E-state index contributed by atoms with van der Waals surface area (Å²) in [6.07, 6.45) is 2.48. The van der Waals surface area contributed by atoms with E-state index in [2.05, 4.69) is 5.32 Å². The van der Waals surface area contributed by atoms with E-state index in [4.69, 9.17) is 0 Å². The van der Waals surface area contributed by atoms with Gasteiger partial charge in [0, 0.05) is 29.3 Å². The van der Waals surface area contributed by atoms with E-state index in [0.29, 0.717) is 24.2 Å². The third-order valence-corrected chi connectivity index (χ3v) is 5.05. The van der Waals surface area contributed by atoms with Gasteiger partial charge in [0.25, 0.3) is 5.91 Å². The SMILES string of the molecule is CC(C)(C)C(=O)Nc1cccc(C(=O)N2CCCC2Cc2cccc(F)c2)c1. The van der Waals surface area contributed by atoms with E-state index in [1.54, 1.807) is 30.3 Å². The summed E-state index contributed by atoms with van der Waals surface area (Å²) in [4.78, 5) is 27.2. The van der Waals surface area contributed by atoms with Crippen molar-refractivity contribution in [2.45, 2.75) is 46.1 Å². The molecule has 1 atom stereocenters. The summed E-state index contributed by atoms with van der Waals surface area (Å²) in [6, 6.07) is 13.7. The zero-order valence-electron chi connectivity index (χ0n) is 16.7. The number of rotatable bonds is 4. The van der Waals surface area contributed by atoms with Gasteiger partial charge in [-0.25, -0.2) is 4.39 Å². The number of nitrogens with zero attached hydrogens (tertiary/aromatic N) is 1. The second-order valence-electron chi connectivity index (χ2n) is 8.41. The van der Waals surface area contributed by atoms with Crippen LogP contribution in [-0.2, 0) is 11.2 Å². The molecule has 0 saturated carbocycles. The van der Waals surface area contributed by atoms with Gasteiger partial charge in [-0.15, -0.1) is 0 Å². The van der Waals surface area contributed by atoms with Crippen LogP contribution < -0.4 is 5.32 Å². The Morgan fingerprint density at radius 2 is 1.89 bits per heavy atom. The molecule has 1 aliphatic rings. The number of carbonyl (C=O) groups is 2. The lowest BCUT2D eigenvalue weighted by Crippen LogP contribution is -2.37. The van der Waals surface area contributed by atoms with Crippen LogP contribution in [0.5, 0.6) is 0 Å². The number of amides is 2. The number of benzene rings is 2. The van der Waals surface area contributed by atoms with Crippen LogP contribution in [0.4, 0.5) is 10.1 Å². The van der Waals surface area contributed by atoms with Crippen LogP contribution in [0.1, 0.15) is 49.5 Å². The number of halogens is 1. The Bertz CT molecular complexity index is 873. The van der Waals surface area contributed by atoms with Crippen LogP contribution >= 0.6 is 0 Å². The van der Waals surface area contributed by atoms with Crippen LogP contribution in [-0.4, -0.2) is 29.3 Å². The van der Waals surface area contributed by atoms with Gasteiger partial charge in [-0.2, -0.15) is 0 Å². The highest BCUT2D eigenvalue weighted by Gasteiger charge is 2.30. The van der Waals surface area contributed by atoms with Crippen molar-refractivity contribution in [1.29, 1.82) is 0 Å². The molecule has 1 unspecified atom stereocenters. The zero-order valence-corrected chi connectivity index (χ0v) is 16.7. The standard InChI is InChI=1S/C23H27FN2O2/c1-23(2,3)22(28)25-19-10-5-8-17(15-19)21(27)26-12-6-11-20(26)14-16-7-4-9-18(24)13-16/h4-5,7-10,13,15,20H,6,11-12,14H2,1-3H3,(H,25,28). The maximum Gasteiger partial charge on any atom is 0.254 e. The molecular formula is C23H27FN2O2. The molecule has 1 N–H and O–H groups in total. The fourth-order valence-corrected chi connectivity index (χ4v) is 3.47. The first kappa shape index (κ1) is 20.1. The number of anilines is 1. The van der Waals surface area contributed by atoms with Crippen LogP contribution in [0.3, 0.4) is 0 Å². The van der Waals surface area contributed by atoms with Gasteiger partial charge in [0.05, 0.1) is 0 Å². The monoisotopic (exact) mass is 382 g/mol. The minimum absolute atomic E-state index is 0.0502. The van der Waals surface area contributed by atoms with Crippen molar-refractivity contribution in [2.75, 3.05) is 11.9 Å². The van der Waals surface area contributed by atoms with E-state index in [9.17, 15) is 14.0 Å². The number of likely N-dealkylation sites (tertiary alicyclic amines) is 1. The first-order chi connectivity index (χ1) is 13.2. The maximum absolute atomic E-state index is 13.5. The second-order valence-corrected chi connectivity index (χ2v) is 8.41. The van der Waals surface area contributed by atoms with Gasteiger partial charge in [-0.1, -0.05) is 39.0 Å². The van der Waals surface area contributed by atoms with Crippen molar-refractivity contribution in [3.8, 4) is 0 Å². The highest BCUT2D eigenvalue weighted by molar-refractivity contribution is 5.98. The largest absolute Gasteiger partial charge is 0.335 e. The van der Waals surface area contributed by atoms with Crippen molar-refractivity contribution in [1.82, 2.24) is 4.90 Å². The lowest BCUT2D eigenvalue weighted by molar-refractivity contribution is -0.123. The maximum atomic E-state index is 13.5. The average molecular weight is 382 g/mol. The Balaban J connectivity index is 1.73. The molecule has 0 aromatic heterocycles. The summed E-state index contributed by atoms with van der Waals surface area (Å²) in [5.74, 6) is -0.399. The summed E-state index contributed by atoms with van der Waals surface area (Å²) in [5, 5.41) is 2.87. The molecule has 0 aliphatic carbocycles. The van der Waals surface area contributed by atoms with Crippen molar-refractivity contribution in [2.24, 2.45) is 5.41 Å². The summed E-state index contributed by atoms with van der Waals surface area (Å²) in [7, 11) is 0. The molecule has 1 aliphatic heterocycles. The number of nitrogens with one attached hydrogen (secondary N) is 1. The topological polar surface area (TPSA) is 49.4 Å². The second kappa shape index (κ2) is 8.13. The van der Waals surface area contributed by atoms with E-state index in [1.807, 2.05) is 31.7 Å². The van der Waals surface area contributed by atoms with E-state index < -0.39 is 5.41 Å². The first-order valence-corrected chi connectivity index (χ1v) is 9.71. The molecule has 0 bridgehead atoms. The lowest BCUT2D eigenvalue weighted by atomic mass is 9.95. The minimum Gasteiger partial charge on any atom is -0.335 e. The van der Waals surface area contributed by atoms with Crippen molar-refractivity contribution < 1.29 is 14.0 Å².